The van der Waals surface area contributed by atoms with Crippen molar-refractivity contribution in [2.45, 2.75) is 34.5 Å². The number of likely N-dealkylation sites (N-methyl/N-ethyl adjacent to an activating group) is 1. The van der Waals surface area contributed by atoms with Crippen LogP contribution in [0.15, 0.2) is 58.3 Å². The Morgan fingerprint density at radius 3 is 2.17 bits per heavy atom. The summed E-state index contributed by atoms with van der Waals surface area (Å²) in [5, 5.41) is 9.95. The zero-order chi connectivity index (χ0) is 27.1. The molecular weight excluding hydrogens is 539 g/mol. The summed E-state index contributed by atoms with van der Waals surface area (Å²) >= 11 is 4.25. The zero-order valence-electron chi connectivity index (χ0n) is 19.8. The fourth-order valence-electron chi connectivity index (χ4n) is 3.93. The van der Waals surface area contributed by atoms with E-state index in [4.69, 9.17) is 0 Å². The Bertz CT molecular complexity index is 1300. The Labute approximate surface area is 214 Å². The Morgan fingerprint density at radius 1 is 1.06 bits per heavy atom. The molecular formula is C22H28F3N3O5S3. The summed E-state index contributed by atoms with van der Waals surface area (Å²) in [4.78, 5) is 2.06. The number of aliphatic hydroxyl groups is 1. The molecule has 36 heavy (non-hydrogen) atoms. The van der Waals surface area contributed by atoms with Gasteiger partial charge < -0.3 is 10.0 Å². The number of hydrogen-bond acceptors (Lipinski definition) is 7. The van der Waals surface area contributed by atoms with Crippen molar-refractivity contribution in [2.24, 2.45) is 0 Å². The van der Waals surface area contributed by atoms with Crippen molar-refractivity contribution in [3.05, 3.63) is 54.1 Å². The molecule has 1 saturated heterocycles. The molecule has 1 aliphatic rings. The molecule has 14 heteroatoms. The van der Waals surface area contributed by atoms with Gasteiger partial charge >= 0.3 is 6.18 Å². The molecule has 0 amide bonds. The maximum absolute atomic E-state index is 13.3. The van der Waals surface area contributed by atoms with Gasteiger partial charge in [-0.2, -0.15) is 17.5 Å². The standard InChI is InChI=1S/C22H28F3N3O5S3/c1-21(29,22(23,24)25)16-8-10-17(11-9-16)28-13-12-27(15-18(28)14-26(2)35(3,30)31)36(32,33)20-7-5-4-6-19(20)34/h4-11,18,29,34H,12-15H2,1-3H3/t18-,21+/m0/s1. The molecule has 8 nitrogen and oxygen atoms in total. The van der Waals surface area contributed by atoms with Crippen LogP contribution < -0.4 is 4.90 Å². The van der Waals surface area contributed by atoms with Gasteiger partial charge in [0.05, 0.1) is 17.2 Å². The van der Waals surface area contributed by atoms with Crippen LogP contribution in [0.3, 0.4) is 0 Å². The summed E-state index contributed by atoms with van der Waals surface area (Å²) in [6.45, 7) is 0.757. The smallest absolute Gasteiger partial charge is 0.376 e. The van der Waals surface area contributed by atoms with Gasteiger partial charge in [-0.1, -0.05) is 24.3 Å². The van der Waals surface area contributed by atoms with Crippen LogP contribution in [0.5, 0.6) is 0 Å². The van der Waals surface area contributed by atoms with E-state index >= 15 is 0 Å². The molecule has 200 valence electrons. The summed E-state index contributed by atoms with van der Waals surface area (Å²) in [5.41, 5.74) is -2.93. The summed E-state index contributed by atoms with van der Waals surface area (Å²) < 4.78 is 92.8. The molecule has 0 aliphatic carbocycles. The van der Waals surface area contributed by atoms with Crippen molar-refractivity contribution in [1.29, 1.82) is 0 Å². The van der Waals surface area contributed by atoms with Gasteiger partial charge in [0.25, 0.3) is 0 Å². The molecule has 1 aliphatic heterocycles. The number of piperazine rings is 1. The van der Waals surface area contributed by atoms with E-state index in [2.05, 4.69) is 12.6 Å². The number of anilines is 1. The lowest BCUT2D eigenvalue weighted by Crippen LogP contribution is -2.58. The van der Waals surface area contributed by atoms with E-state index in [0.29, 0.717) is 12.6 Å². The second-order valence-electron chi connectivity index (χ2n) is 8.84. The molecule has 0 bridgehead atoms. The van der Waals surface area contributed by atoms with Crippen molar-refractivity contribution in [1.82, 2.24) is 8.61 Å². The van der Waals surface area contributed by atoms with Crippen LogP contribution >= 0.6 is 12.6 Å². The third kappa shape index (κ3) is 5.83. The Balaban J connectivity index is 1.94. The van der Waals surface area contributed by atoms with Gasteiger partial charge in [-0.05, 0) is 36.8 Å². The minimum atomic E-state index is -4.88. The average Bonchev–Trinajstić information content (AvgIpc) is 2.78. The topological polar surface area (TPSA) is 98.2 Å². The minimum absolute atomic E-state index is 0.0238. The van der Waals surface area contributed by atoms with E-state index < -0.39 is 37.9 Å². The van der Waals surface area contributed by atoms with Crippen LogP contribution in [0.25, 0.3) is 0 Å². The number of rotatable bonds is 7. The Kier molecular flexibility index (Phi) is 8.09. The molecule has 2 atom stereocenters. The number of hydrogen-bond donors (Lipinski definition) is 2. The molecule has 2 aromatic carbocycles. The minimum Gasteiger partial charge on any atom is -0.376 e. The predicted octanol–water partition coefficient (Wildman–Crippen LogP) is 2.52. The number of halogens is 3. The van der Waals surface area contributed by atoms with Crippen molar-refractivity contribution in [3.63, 3.8) is 0 Å². The second kappa shape index (κ2) is 10.1. The largest absolute Gasteiger partial charge is 0.421 e. The second-order valence-corrected chi connectivity index (χ2v) is 13.3. The molecule has 1 heterocycles. The summed E-state index contributed by atoms with van der Waals surface area (Å²) in [7, 11) is -6.17. The van der Waals surface area contributed by atoms with Crippen LogP contribution in [0.2, 0.25) is 0 Å². The summed E-state index contributed by atoms with van der Waals surface area (Å²) in [6.07, 6.45) is -3.85. The van der Waals surface area contributed by atoms with E-state index in [1.54, 1.807) is 23.1 Å². The highest BCUT2D eigenvalue weighted by Gasteiger charge is 2.51. The highest BCUT2D eigenvalue weighted by molar-refractivity contribution is 7.90. The lowest BCUT2D eigenvalue weighted by Gasteiger charge is -2.43. The molecule has 0 saturated carbocycles. The van der Waals surface area contributed by atoms with Crippen LogP contribution in [-0.4, -0.2) is 82.3 Å². The molecule has 0 unspecified atom stereocenters. The first-order valence-corrected chi connectivity index (χ1v) is 14.6. The highest BCUT2D eigenvalue weighted by Crippen LogP contribution is 2.39. The van der Waals surface area contributed by atoms with E-state index in [1.807, 2.05) is 0 Å². The molecule has 1 fully saturated rings. The van der Waals surface area contributed by atoms with Crippen molar-refractivity contribution < 1.29 is 35.1 Å². The van der Waals surface area contributed by atoms with Gasteiger partial charge in [0.15, 0.2) is 5.60 Å². The van der Waals surface area contributed by atoms with Crippen molar-refractivity contribution >= 4 is 38.4 Å². The predicted molar refractivity (Wildman–Crippen MR) is 133 cm³/mol. The maximum Gasteiger partial charge on any atom is 0.421 e. The van der Waals surface area contributed by atoms with E-state index in [0.717, 1.165) is 22.7 Å². The monoisotopic (exact) mass is 567 g/mol. The number of benzene rings is 2. The number of sulfonamides is 2. The molecule has 1 N–H and O–H groups in total. The third-order valence-electron chi connectivity index (χ3n) is 6.28. The lowest BCUT2D eigenvalue weighted by molar-refractivity contribution is -0.258. The first-order valence-electron chi connectivity index (χ1n) is 10.8. The number of nitrogens with zero attached hydrogens (tertiary/aromatic N) is 3. The Hall–Kier alpha value is -1.84. The van der Waals surface area contributed by atoms with Crippen LogP contribution in [-0.2, 0) is 25.6 Å². The Morgan fingerprint density at radius 2 is 1.64 bits per heavy atom. The molecule has 3 rings (SSSR count). The van der Waals surface area contributed by atoms with Crippen molar-refractivity contribution in [2.75, 3.05) is 44.4 Å². The van der Waals surface area contributed by atoms with E-state index in [9.17, 15) is 35.1 Å². The van der Waals surface area contributed by atoms with E-state index in [-0.39, 0.29) is 41.5 Å². The van der Waals surface area contributed by atoms with Gasteiger partial charge in [0.1, 0.15) is 0 Å². The quantitative estimate of drug-likeness (QED) is 0.499. The summed E-state index contributed by atoms with van der Waals surface area (Å²) in [5.74, 6) is 0. The fraction of sp³-hybridized carbons (Fsp3) is 0.455. The molecule has 0 aromatic heterocycles. The van der Waals surface area contributed by atoms with Crippen LogP contribution in [0, 0.1) is 0 Å². The number of alkyl halides is 3. The van der Waals surface area contributed by atoms with Gasteiger partial charge in [-0.3, -0.25) is 0 Å². The summed E-state index contributed by atoms with van der Waals surface area (Å²) in [6, 6.07) is 10.7. The molecule has 0 spiro atoms. The van der Waals surface area contributed by atoms with Crippen LogP contribution in [0.1, 0.15) is 12.5 Å². The normalized spacial score (nSPS) is 19.9. The fourth-order valence-corrected chi connectivity index (χ4v) is 6.43. The lowest BCUT2D eigenvalue weighted by atomic mass is 9.95. The highest BCUT2D eigenvalue weighted by atomic mass is 32.2. The van der Waals surface area contributed by atoms with Gasteiger partial charge in [0, 0.05) is 43.8 Å². The maximum atomic E-state index is 13.3. The number of thiol groups is 1. The SMILES string of the molecule is CN(C[C@H]1CN(S(=O)(=O)c2ccccc2S)CCN1c1ccc([C@@](C)(O)C(F)(F)F)cc1)S(C)(=O)=O. The average molecular weight is 568 g/mol. The third-order valence-corrected chi connectivity index (χ3v) is 10.0. The van der Waals surface area contributed by atoms with Gasteiger partial charge in [0.2, 0.25) is 20.0 Å². The molecule has 0 radical (unpaired) electrons. The van der Waals surface area contributed by atoms with Crippen LogP contribution in [0.4, 0.5) is 18.9 Å². The van der Waals surface area contributed by atoms with E-state index in [1.165, 1.54) is 29.6 Å². The zero-order valence-corrected chi connectivity index (χ0v) is 22.4. The van der Waals surface area contributed by atoms with Gasteiger partial charge in [-0.15, -0.1) is 12.6 Å². The van der Waals surface area contributed by atoms with Gasteiger partial charge in [-0.25, -0.2) is 21.1 Å². The first-order chi connectivity index (χ1) is 16.5. The first kappa shape index (κ1) is 28.7. The molecule has 2 aromatic rings. The van der Waals surface area contributed by atoms with Crippen molar-refractivity contribution in [3.8, 4) is 0 Å².